The summed E-state index contributed by atoms with van der Waals surface area (Å²) in [5.74, 6) is 0.286. The van der Waals surface area contributed by atoms with E-state index in [9.17, 15) is 4.79 Å². The van der Waals surface area contributed by atoms with Gasteiger partial charge >= 0.3 is 0 Å². The molecule has 1 amide bonds. The molecular formula is C11H24N5OP. The molecule has 1 fully saturated rings. The number of carbonyl (C=O) groups excluding carboxylic acids is 1. The Morgan fingerprint density at radius 3 is 2.50 bits per heavy atom. The highest BCUT2D eigenvalue weighted by Gasteiger charge is 2.18. The highest BCUT2D eigenvalue weighted by Crippen LogP contribution is 2.09. The van der Waals surface area contributed by atoms with Crippen molar-refractivity contribution in [1.29, 1.82) is 5.41 Å². The van der Waals surface area contributed by atoms with Crippen LogP contribution >= 0.6 is 9.39 Å². The fourth-order valence-corrected chi connectivity index (χ4v) is 2.16. The van der Waals surface area contributed by atoms with Crippen LogP contribution in [0.4, 0.5) is 0 Å². The van der Waals surface area contributed by atoms with Crippen LogP contribution in [0.1, 0.15) is 25.7 Å². The van der Waals surface area contributed by atoms with Crippen LogP contribution in [0.5, 0.6) is 0 Å². The average Bonchev–Trinajstić information content (AvgIpc) is 2.34. The summed E-state index contributed by atoms with van der Waals surface area (Å²) >= 11 is 0. The molecule has 0 aromatic carbocycles. The van der Waals surface area contributed by atoms with Gasteiger partial charge in [-0.1, -0.05) is 15.8 Å². The SMILES string of the molecule is N=C(N)NCCCCCC(=O)N1CCN(P)CC1. The molecule has 4 N–H and O–H groups in total. The van der Waals surface area contributed by atoms with Gasteiger partial charge in [-0.25, -0.2) is 0 Å². The second kappa shape index (κ2) is 8.27. The summed E-state index contributed by atoms with van der Waals surface area (Å²) in [4.78, 5) is 13.8. The molecule has 1 unspecified atom stereocenters. The van der Waals surface area contributed by atoms with Crippen molar-refractivity contribution >= 4 is 21.3 Å². The summed E-state index contributed by atoms with van der Waals surface area (Å²) in [5, 5.41) is 9.75. The number of nitrogens with one attached hydrogen (secondary N) is 2. The Hall–Kier alpha value is -0.870. The maximum absolute atomic E-state index is 11.9. The Morgan fingerprint density at radius 1 is 1.22 bits per heavy atom. The lowest BCUT2D eigenvalue weighted by atomic mass is 10.1. The molecule has 0 aromatic heterocycles. The van der Waals surface area contributed by atoms with Gasteiger partial charge < -0.3 is 16.0 Å². The van der Waals surface area contributed by atoms with Gasteiger partial charge in [0.15, 0.2) is 5.96 Å². The maximum Gasteiger partial charge on any atom is 0.222 e. The first-order valence-corrected chi connectivity index (χ1v) is 6.96. The van der Waals surface area contributed by atoms with Crippen molar-refractivity contribution in [1.82, 2.24) is 14.9 Å². The fraction of sp³-hybridized carbons (Fsp3) is 0.818. The van der Waals surface area contributed by atoms with E-state index >= 15 is 0 Å². The molecule has 0 radical (unpaired) electrons. The smallest absolute Gasteiger partial charge is 0.222 e. The first-order valence-electron chi connectivity index (χ1n) is 6.45. The third-order valence-electron chi connectivity index (χ3n) is 3.05. The Morgan fingerprint density at radius 2 is 1.89 bits per heavy atom. The summed E-state index contributed by atoms with van der Waals surface area (Å²) in [5.41, 5.74) is 5.17. The van der Waals surface area contributed by atoms with Crippen molar-refractivity contribution in [3.63, 3.8) is 0 Å². The van der Waals surface area contributed by atoms with Crippen LogP contribution in [0.2, 0.25) is 0 Å². The monoisotopic (exact) mass is 273 g/mol. The molecule has 1 atom stereocenters. The number of nitrogens with two attached hydrogens (primary N) is 1. The quantitative estimate of drug-likeness (QED) is 0.274. The minimum absolute atomic E-state index is 0.0152. The van der Waals surface area contributed by atoms with Gasteiger partial charge in [0.05, 0.1) is 0 Å². The third kappa shape index (κ3) is 6.17. The van der Waals surface area contributed by atoms with Crippen LogP contribution in [0.15, 0.2) is 0 Å². The van der Waals surface area contributed by atoms with Crippen LogP contribution in [0.3, 0.4) is 0 Å². The zero-order valence-corrected chi connectivity index (χ0v) is 12.0. The molecule has 0 aromatic rings. The van der Waals surface area contributed by atoms with Gasteiger partial charge in [-0.2, -0.15) is 0 Å². The Kier molecular flexibility index (Phi) is 6.98. The minimum Gasteiger partial charge on any atom is -0.370 e. The first kappa shape index (κ1) is 15.2. The summed E-state index contributed by atoms with van der Waals surface area (Å²) in [7, 11) is 2.68. The van der Waals surface area contributed by atoms with Gasteiger partial charge in [0, 0.05) is 39.1 Å². The normalized spacial score (nSPS) is 16.6. The molecule has 18 heavy (non-hydrogen) atoms. The molecule has 104 valence electrons. The lowest BCUT2D eigenvalue weighted by Crippen LogP contribution is -2.45. The lowest BCUT2D eigenvalue weighted by Gasteiger charge is -2.32. The molecular weight excluding hydrogens is 249 g/mol. The predicted molar refractivity (Wildman–Crippen MR) is 76.2 cm³/mol. The second-order valence-corrected chi connectivity index (χ2v) is 5.30. The van der Waals surface area contributed by atoms with E-state index < -0.39 is 0 Å². The maximum atomic E-state index is 11.9. The lowest BCUT2D eigenvalue weighted by molar-refractivity contribution is -0.132. The zero-order valence-electron chi connectivity index (χ0n) is 10.8. The van der Waals surface area contributed by atoms with E-state index in [0.29, 0.717) is 6.42 Å². The van der Waals surface area contributed by atoms with Gasteiger partial charge in [-0.3, -0.25) is 14.9 Å². The largest absolute Gasteiger partial charge is 0.370 e. The number of rotatable bonds is 6. The Labute approximate surface area is 111 Å². The molecule has 1 saturated heterocycles. The van der Waals surface area contributed by atoms with Gasteiger partial charge in [-0.15, -0.1) is 0 Å². The van der Waals surface area contributed by atoms with Crippen molar-refractivity contribution in [3.05, 3.63) is 0 Å². The predicted octanol–water partition coefficient (Wildman–Crippen LogP) is -0.0358. The molecule has 1 heterocycles. The number of unbranched alkanes of at least 4 members (excludes halogenated alkanes) is 2. The van der Waals surface area contributed by atoms with Crippen LogP contribution in [-0.2, 0) is 4.79 Å². The highest BCUT2D eigenvalue weighted by molar-refractivity contribution is 7.13. The summed E-state index contributed by atoms with van der Waals surface area (Å²) in [6.07, 6.45) is 3.50. The number of carbonyl (C=O) groups is 1. The number of hydrogen-bond acceptors (Lipinski definition) is 3. The topological polar surface area (TPSA) is 85.4 Å². The number of piperazine rings is 1. The first-order chi connectivity index (χ1) is 8.59. The Balaban J connectivity index is 2.01. The second-order valence-electron chi connectivity index (χ2n) is 4.57. The van der Waals surface area contributed by atoms with E-state index in [0.717, 1.165) is 52.0 Å². The van der Waals surface area contributed by atoms with Gasteiger partial charge in [0.25, 0.3) is 0 Å². The molecule has 0 spiro atoms. The molecule has 0 aliphatic carbocycles. The van der Waals surface area contributed by atoms with Crippen molar-refractivity contribution in [3.8, 4) is 0 Å². The van der Waals surface area contributed by atoms with Gasteiger partial charge in [0.2, 0.25) is 5.91 Å². The van der Waals surface area contributed by atoms with E-state index in [-0.39, 0.29) is 11.9 Å². The van der Waals surface area contributed by atoms with E-state index in [1.165, 1.54) is 0 Å². The van der Waals surface area contributed by atoms with Crippen LogP contribution < -0.4 is 11.1 Å². The molecule has 7 heteroatoms. The van der Waals surface area contributed by atoms with Crippen LogP contribution in [0, 0.1) is 5.41 Å². The van der Waals surface area contributed by atoms with Gasteiger partial charge in [-0.05, 0) is 12.8 Å². The number of amides is 1. The molecule has 0 saturated carbocycles. The molecule has 6 nitrogen and oxygen atoms in total. The number of hydrogen-bond donors (Lipinski definition) is 3. The fourth-order valence-electron chi connectivity index (χ4n) is 1.93. The van der Waals surface area contributed by atoms with E-state index in [2.05, 4.69) is 19.4 Å². The van der Waals surface area contributed by atoms with Crippen molar-refractivity contribution in [2.24, 2.45) is 5.73 Å². The van der Waals surface area contributed by atoms with Gasteiger partial charge in [0.1, 0.15) is 0 Å². The van der Waals surface area contributed by atoms with Crippen molar-refractivity contribution in [2.45, 2.75) is 25.7 Å². The summed E-state index contributed by atoms with van der Waals surface area (Å²) in [6.45, 7) is 4.29. The number of nitrogens with zero attached hydrogens (tertiary/aromatic N) is 2. The van der Waals surface area contributed by atoms with E-state index in [1.807, 2.05) is 4.90 Å². The third-order valence-corrected chi connectivity index (χ3v) is 3.57. The van der Waals surface area contributed by atoms with E-state index in [1.54, 1.807) is 0 Å². The minimum atomic E-state index is 0.0152. The molecule has 1 aliphatic rings. The average molecular weight is 273 g/mol. The molecule has 0 bridgehead atoms. The van der Waals surface area contributed by atoms with Crippen molar-refractivity contribution in [2.75, 3.05) is 32.7 Å². The standard InChI is InChI=1S/C11H24N5OP/c12-11(13)14-5-3-1-2-4-10(17)15-6-8-16(18)9-7-15/h1-9,18H2,(H4,12,13,14). The van der Waals surface area contributed by atoms with Crippen LogP contribution in [-0.4, -0.2) is 54.2 Å². The Bertz CT molecular complexity index is 279. The van der Waals surface area contributed by atoms with Crippen LogP contribution in [0.25, 0.3) is 0 Å². The van der Waals surface area contributed by atoms with Crippen molar-refractivity contribution < 1.29 is 4.79 Å². The highest BCUT2D eigenvalue weighted by atomic mass is 31.0. The number of guanidine groups is 1. The zero-order chi connectivity index (χ0) is 13.4. The molecule has 1 rings (SSSR count). The van der Waals surface area contributed by atoms with E-state index in [4.69, 9.17) is 11.1 Å². The molecule has 1 aliphatic heterocycles. The summed E-state index contributed by atoms with van der Waals surface area (Å²) < 4.78 is 2.16. The summed E-state index contributed by atoms with van der Waals surface area (Å²) in [6, 6.07) is 0.